The van der Waals surface area contributed by atoms with E-state index in [2.05, 4.69) is 5.32 Å². The second kappa shape index (κ2) is 18.2. The molecule has 10 heteroatoms. The molecular formula is C29H43N3O7. The normalized spacial score (nSPS) is 11.8. The van der Waals surface area contributed by atoms with E-state index >= 15 is 0 Å². The van der Waals surface area contributed by atoms with Crippen LogP contribution in [0.1, 0.15) is 74.7 Å². The zero-order valence-corrected chi connectivity index (χ0v) is 22.8. The van der Waals surface area contributed by atoms with Gasteiger partial charge in [0.05, 0.1) is 18.4 Å². The van der Waals surface area contributed by atoms with Crippen molar-refractivity contribution in [1.29, 1.82) is 0 Å². The number of aliphatic hydroxyl groups excluding tert-OH is 2. The van der Waals surface area contributed by atoms with Gasteiger partial charge < -0.3 is 35.9 Å². The highest BCUT2D eigenvalue weighted by molar-refractivity contribution is 5.90. The number of urea groups is 1. The molecule has 0 aliphatic carbocycles. The van der Waals surface area contributed by atoms with Gasteiger partial charge in [-0.3, -0.25) is 0 Å². The number of carbonyl (C=O) groups excluding carboxylic acids is 2. The fourth-order valence-corrected chi connectivity index (χ4v) is 4.11. The van der Waals surface area contributed by atoms with Crippen molar-refractivity contribution in [3.63, 3.8) is 0 Å². The maximum absolute atomic E-state index is 11.6. The number of anilines is 1. The van der Waals surface area contributed by atoms with Gasteiger partial charge in [-0.1, -0.05) is 37.5 Å². The largest absolute Gasteiger partial charge is 0.508 e. The molecule has 6 N–H and O–H groups in total. The average molecular weight is 546 g/mol. The van der Waals surface area contributed by atoms with Gasteiger partial charge >= 0.3 is 12.0 Å². The third-order valence-corrected chi connectivity index (χ3v) is 6.21. The predicted molar refractivity (Wildman–Crippen MR) is 149 cm³/mol. The van der Waals surface area contributed by atoms with Crippen LogP contribution in [-0.2, 0) is 27.4 Å². The van der Waals surface area contributed by atoms with Crippen LogP contribution in [0.5, 0.6) is 5.75 Å². The second-order valence-electron chi connectivity index (χ2n) is 9.49. The molecule has 10 nitrogen and oxygen atoms in total. The van der Waals surface area contributed by atoms with E-state index in [9.17, 15) is 24.9 Å². The Morgan fingerprint density at radius 2 is 1.72 bits per heavy atom. The first kappa shape index (κ1) is 32.0. The van der Waals surface area contributed by atoms with Gasteiger partial charge in [-0.15, -0.1) is 5.06 Å². The summed E-state index contributed by atoms with van der Waals surface area (Å²) in [6, 6.07) is 11.2. The SMILES string of the molecule is CC(=O)ON(C(N)=O)c1cccc(CCCCCOCCCCCCNC[C@@H](O)c2ccc(O)c(CO)c2)c1. The molecule has 0 aliphatic heterocycles. The lowest BCUT2D eigenvalue weighted by atomic mass is 10.1. The first-order valence-electron chi connectivity index (χ1n) is 13.6. The van der Waals surface area contributed by atoms with Crippen LogP contribution in [0.2, 0.25) is 0 Å². The van der Waals surface area contributed by atoms with Gasteiger partial charge in [0.1, 0.15) is 5.75 Å². The van der Waals surface area contributed by atoms with Crippen LogP contribution in [0.3, 0.4) is 0 Å². The molecule has 216 valence electrons. The number of nitrogens with two attached hydrogens (primary N) is 1. The lowest BCUT2D eigenvalue weighted by Gasteiger charge is -2.18. The number of rotatable bonds is 18. The summed E-state index contributed by atoms with van der Waals surface area (Å²) in [4.78, 5) is 27.7. The Morgan fingerprint density at radius 1 is 1.00 bits per heavy atom. The zero-order chi connectivity index (χ0) is 28.5. The summed E-state index contributed by atoms with van der Waals surface area (Å²) in [5.41, 5.74) is 7.85. The molecule has 0 aliphatic rings. The minimum absolute atomic E-state index is 0.0303. The molecule has 1 atom stereocenters. The van der Waals surface area contributed by atoms with Gasteiger partial charge in [0.15, 0.2) is 0 Å². The highest BCUT2D eigenvalue weighted by Gasteiger charge is 2.16. The number of aromatic hydroxyl groups is 1. The quantitative estimate of drug-likeness (QED) is 0.140. The van der Waals surface area contributed by atoms with Crippen molar-refractivity contribution in [1.82, 2.24) is 5.32 Å². The van der Waals surface area contributed by atoms with Crippen molar-refractivity contribution in [3.05, 3.63) is 59.2 Å². The van der Waals surface area contributed by atoms with Crippen LogP contribution < -0.4 is 16.1 Å². The van der Waals surface area contributed by atoms with Gasteiger partial charge in [-0.2, -0.15) is 0 Å². The zero-order valence-electron chi connectivity index (χ0n) is 22.8. The molecule has 0 saturated carbocycles. The van der Waals surface area contributed by atoms with E-state index in [0.717, 1.165) is 81.8 Å². The molecule has 2 aromatic rings. The number of ether oxygens (including phenoxy) is 1. The van der Waals surface area contributed by atoms with E-state index in [4.69, 9.17) is 15.3 Å². The highest BCUT2D eigenvalue weighted by atomic mass is 16.7. The molecule has 0 fully saturated rings. The first-order valence-corrected chi connectivity index (χ1v) is 13.6. The van der Waals surface area contributed by atoms with E-state index in [1.54, 1.807) is 30.3 Å². The van der Waals surface area contributed by atoms with Crippen LogP contribution in [0.4, 0.5) is 10.5 Å². The van der Waals surface area contributed by atoms with E-state index in [1.165, 1.54) is 13.0 Å². The Labute approximate surface area is 230 Å². The monoisotopic (exact) mass is 545 g/mol. The average Bonchev–Trinajstić information content (AvgIpc) is 2.92. The fourth-order valence-electron chi connectivity index (χ4n) is 4.11. The minimum atomic E-state index is -0.850. The summed E-state index contributed by atoms with van der Waals surface area (Å²) in [5, 5.41) is 33.2. The maximum Gasteiger partial charge on any atom is 0.352 e. The number of hydrogen-bond donors (Lipinski definition) is 5. The number of aliphatic hydroxyl groups is 2. The molecule has 2 amide bonds. The lowest BCUT2D eigenvalue weighted by molar-refractivity contribution is -0.141. The number of carbonyl (C=O) groups is 2. The third kappa shape index (κ3) is 12.5. The molecule has 0 bridgehead atoms. The van der Waals surface area contributed by atoms with Crippen molar-refractivity contribution in [3.8, 4) is 5.75 Å². The summed E-state index contributed by atoms with van der Waals surface area (Å²) in [6.07, 6.45) is 7.35. The number of primary amides is 1. The standard InChI is InChI=1S/C29H43N3O7/c1-22(34)39-32(29(30)37)26-12-9-11-23(18-26)10-5-4-8-17-38-16-7-3-2-6-15-31-20-28(36)24-13-14-27(35)25(19-24)21-33/h9,11-14,18-19,28,31,33,35-36H,2-8,10,15-17,20-21H2,1H3,(H2,30,37)/t28-/m1/s1. The molecule has 0 aromatic heterocycles. The summed E-state index contributed by atoms with van der Waals surface area (Å²) in [7, 11) is 0. The number of aryl methyl sites for hydroxylation is 1. The number of nitrogens with one attached hydrogen (secondary N) is 1. The number of benzene rings is 2. The van der Waals surface area contributed by atoms with E-state index < -0.39 is 18.1 Å². The molecule has 0 unspecified atom stereocenters. The number of phenols is 1. The number of unbranched alkanes of at least 4 members (excludes halogenated alkanes) is 5. The van der Waals surface area contributed by atoms with Crippen molar-refractivity contribution in [2.45, 2.75) is 71.0 Å². The topological polar surface area (TPSA) is 155 Å². The summed E-state index contributed by atoms with van der Waals surface area (Å²) in [6.45, 7) is 3.67. The number of nitrogens with zero attached hydrogens (tertiary/aromatic N) is 1. The number of hydrogen-bond acceptors (Lipinski definition) is 8. The molecule has 0 heterocycles. The Bertz CT molecular complexity index is 1020. The highest BCUT2D eigenvalue weighted by Crippen LogP contribution is 2.22. The molecule has 2 rings (SSSR count). The predicted octanol–water partition coefficient (Wildman–Crippen LogP) is 3.86. The molecule has 0 radical (unpaired) electrons. The number of amides is 2. The Balaban J connectivity index is 1.46. The van der Waals surface area contributed by atoms with Gasteiger partial charge in [0.25, 0.3) is 0 Å². The summed E-state index contributed by atoms with van der Waals surface area (Å²) >= 11 is 0. The molecule has 39 heavy (non-hydrogen) atoms. The van der Waals surface area contributed by atoms with Crippen molar-refractivity contribution in [2.24, 2.45) is 5.73 Å². The van der Waals surface area contributed by atoms with Crippen LogP contribution in [0.15, 0.2) is 42.5 Å². The smallest absolute Gasteiger partial charge is 0.352 e. The summed E-state index contributed by atoms with van der Waals surface area (Å²) < 4.78 is 5.74. The molecule has 0 spiro atoms. The maximum atomic E-state index is 11.6. The van der Waals surface area contributed by atoms with Crippen LogP contribution in [0.25, 0.3) is 0 Å². The van der Waals surface area contributed by atoms with Gasteiger partial charge in [0.2, 0.25) is 0 Å². The Morgan fingerprint density at radius 3 is 2.41 bits per heavy atom. The summed E-state index contributed by atoms with van der Waals surface area (Å²) in [5.74, 6) is -0.586. The fraction of sp³-hybridized carbons (Fsp3) is 0.517. The van der Waals surface area contributed by atoms with E-state index in [0.29, 0.717) is 23.4 Å². The lowest BCUT2D eigenvalue weighted by Crippen LogP contribution is -2.37. The van der Waals surface area contributed by atoms with Crippen LogP contribution in [-0.4, -0.2) is 53.6 Å². The minimum Gasteiger partial charge on any atom is -0.508 e. The Kier molecular flexibility index (Phi) is 14.9. The van der Waals surface area contributed by atoms with E-state index in [-0.39, 0.29) is 12.4 Å². The Hall–Kier alpha value is -3.18. The third-order valence-electron chi connectivity index (χ3n) is 6.21. The molecule has 2 aromatic carbocycles. The number of hydroxylamine groups is 1. The first-order chi connectivity index (χ1) is 18.8. The molecule has 0 saturated heterocycles. The molecular weight excluding hydrogens is 502 g/mol. The van der Waals surface area contributed by atoms with Crippen molar-refractivity contribution in [2.75, 3.05) is 31.4 Å². The van der Waals surface area contributed by atoms with E-state index in [1.807, 2.05) is 6.07 Å². The van der Waals surface area contributed by atoms with Crippen molar-refractivity contribution >= 4 is 17.7 Å². The second-order valence-corrected chi connectivity index (χ2v) is 9.49. The van der Waals surface area contributed by atoms with Gasteiger partial charge in [0, 0.05) is 32.2 Å². The van der Waals surface area contributed by atoms with Crippen molar-refractivity contribution < 1.29 is 34.5 Å². The van der Waals surface area contributed by atoms with Gasteiger partial charge in [-0.25, -0.2) is 9.59 Å². The van der Waals surface area contributed by atoms with Crippen LogP contribution in [0, 0.1) is 0 Å². The van der Waals surface area contributed by atoms with Gasteiger partial charge in [-0.05, 0) is 74.0 Å². The van der Waals surface area contributed by atoms with Crippen LogP contribution >= 0.6 is 0 Å².